The molecule has 0 unspecified atom stereocenters. The minimum Gasteiger partial charge on any atom is -0.497 e. The van der Waals surface area contributed by atoms with E-state index in [2.05, 4.69) is 39.1 Å². The molecule has 8 heteroatoms. The van der Waals surface area contributed by atoms with E-state index >= 15 is 0 Å². The lowest BCUT2D eigenvalue weighted by Crippen LogP contribution is -2.49. The zero-order valence-corrected chi connectivity index (χ0v) is 19.0. The fourth-order valence-electron chi connectivity index (χ4n) is 3.71. The SMILES string of the molecule is C=CCNc1nnc(SCC(=O)N2CCN(c3ccc(OC)cc3)CC2)c2ccccc12. The van der Waals surface area contributed by atoms with Crippen molar-refractivity contribution in [2.45, 2.75) is 5.03 Å². The fourth-order valence-corrected chi connectivity index (χ4v) is 4.59. The molecule has 1 N–H and O–H groups in total. The van der Waals surface area contributed by atoms with Crippen molar-refractivity contribution in [1.29, 1.82) is 0 Å². The third kappa shape index (κ3) is 4.96. The monoisotopic (exact) mass is 449 g/mol. The van der Waals surface area contributed by atoms with Crippen molar-refractivity contribution in [2.75, 3.05) is 55.8 Å². The van der Waals surface area contributed by atoms with Crippen LogP contribution in [0.15, 0.2) is 66.2 Å². The largest absolute Gasteiger partial charge is 0.497 e. The van der Waals surface area contributed by atoms with E-state index in [1.165, 1.54) is 11.8 Å². The maximum Gasteiger partial charge on any atom is 0.233 e. The number of carbonyl (C=O) groups is 1. The Labute approximate surface area is 192 Å². The van der Waals surface area contributed by atoms with Crippen molar-refractivity contribution in [2.24, 2.45) is 0 Å². The summed E-state index contributed by atoms with van der Waals surface area (Å²) in [6.07, 6.45) is 1.78. The van der Waals surface area contributed by atoms with Gasteiger partial charge < -0.3 is 19.9 Å². The van der Waals surface area contributed by atoms with Gasteiger partial charge in [-0.1, -0.05) is 42.1 Å². The zero-order valence-electron chi connectivity index (χ0n) is 18.2. The molecule has 1 aromatic heterocycles. The number of fused-ring (bicyclic) bond motifs is 1. The Hall–Kier alpha value is -3.26. The van der Waals surface area contributed by atoms with Crippen molar-refractivity contribution >= 4 is 39.9 Å². The maximum absolute atomic E-state index is 12.8. The molecule has 166 valence electrons. The van der Waals surface area contributed by atoms with E-state index in [-0.39, 0.29) is 5.91 Å². The average Bonchev–Trinajstić information content (AvgIpc) is 2.86. The number of benzene rings is 2. The first kappa shape index (κ1) is 22.0. The number of thioether (sulfide) groups is 1. The van der Waals surface area contributed by atoms with Gasteiger partial charge in [0.1, 0.15) is 10.8 Å². The van der Waals surface area contributed by atoms with Crippen LogP contribution in [-0.2, 0) is 4.79 Å². The number of carbonyl (C=O) groups excluding carboxylic acids is 1. The van der Waals surface area contributed by atoms with Crippen LogP contribution in [0.25, 0.3) is 10.8 Å². The van der Waals surface area contributed by atoms with E-state index < -0.39 is 0 Å². The van der Waals surface area contributed by atoms with E-state index in [9.17, 15) is 4.79 Å². The Morgan fingerprint density at radius 1 is 1.09 bits per heavy atom. The van der Waals surface area contributed by atoms with Gasteiger partial charge in [-0.25, -0.2) is 0 Å². The number of ether oxygens (including phenoxy) is 1. The molecule has 1 aliphatic heterocycles. The highest BCUT2D eigenvalue weighted by atomic mass is 32.2. The number of nitrogens with zero attached hydrogens (tertiary/aromatic N) is 4. The quantitative estimate of drug-likeness (QED) is 0.416. The molecule has 2 heterocycles. The summed E-state index contributed by atoms with van der Waals surface area (Å²) in [6.45, 7) is 7.40. The third-order valence-corrected chi connectivity index (χ3v) is 6.44. The van der Waals surface area contributed by atoms with Crippen LogP contribution in [-0.4, -0.2) is 66.6 Å². The third-order valence-electron chi connectivity index (χ3n) is 5.47. The van der Waals surface area contributed by atoms with Crippen LogP contribution in [0.4, 0.5) is 11.5 Å². The van der Waals surface area contributed by atoms with Crippen LogP contribution in [0.1, 0.15) is 0 Å². The van der Waals surface area contributed by atoms with E-state index in [0.717, 1.165) is 46.1 Å². The highest BCUT2D eigenvalue weighted by molar-refractivity contribution is 8.00. The zero-order chi connectivity index (χ0) is 22.3. The van der Waals surface area contributed by atoms with Gasteiger partial charge in [0.2, 0.25) is 5.91 Å². The molecule has 1 fully saturated rings. The summed E-state index contributed by atoms with van der Waals surface area (Å²) in [5, 5.41) is 14.7. The van der Waals surface area contributed by atoms with Gasteiger partial charge in [0.05, 0.1) is 12.9 Å². The first-order valence-corrected chi connectivity index (χ1v) is 11.6. The van der Waals surface area contributed by atoms with Crippen molar-refractivity contribution in [1.82, 2.24) is 15.1 Å². The Morgan fingerprint density at radius 3 is 2.50 bits per heavy atom. The molecular weight excluding hydrogens is 422 g/mol. The van der Waals surface area contributed by atoms with Gasteiger partial charge >= 0.3 is 0 Å². The average molecular weight is 450 g/mol. The van der Waals surface area contributed by atoms with Gasteiger partial charge in [-0.3, -0.25) is 4.79 Å². The molecule has 0 radical (unpaired) electrons. The van der Waals surface area contributed by atoms with Gasteiger partial charge in [0.15, 0.2) is 5.82 Å². The van der Waals surface area contributed by atoms with Crippen molar-refractivity contribution < 1.29 is 9.53 Å². The Bertz CT molecular complexity index is 1080. The first-order valence-electron chi connectivity index (χ1n) is 10.6. The Balaban J connectivity index is 1.35. The van der Waals surface area contributed by atoms with E-state index in [0.29, 0.717) is 25.4 Å². The second kappa shape index (κ2) is 10.4. The van der Waals surface area contributed by atoms with Crippen LogP contribution in [0, 0.1) is 0 Å². The number of anilines is 2. The molecule has 0 spiro atoms. The van der Waals surface area contributed by atoms with Crippen molar-refractivity contribution in [3.8, 4) is 5.75 Å². The summed E-state index contributed by atoms with van der Waals surface area (Å²) in [5.41, 5.74) is 1.15. The highest BCUT2D eigenvalue weighted by Crippen LogP contribution is 2.29. The summed E-state index contributed by atoms with van der Waals surface area (Å²) in [4.78, 5) is 17.1. The lowest BCUT2D eigenvalue weighted by atomic mass is 10.2. The maximum atomic E-state index is 12.8. The van der Waals surface area contributed by atoms with E-state index in [1.54, 1.807) is 13.2 Å². The van der Waals surface area contributed by atoms with Crippen LogP contribution in [0.3, 0.4) is 0 Å². The smallest absolute Gasteiger partial charge is 0.233 e. The molecule has 0 aliphatic carbocycles. The topological polar surface area (TPSA) is 70.6 Å². The summed E-state index contributed by atoms with van der Waals surface area (Å²) in [5.74, 6) is 2.05. The number of amides is 1. The molecule has 1 aliphatic rings. The number of rotatable bonds is 8. The molecule has 0 atom stereocenters. The lowest BCUT2D eigenvalue weighted by Gasteiger charge is -2.36. The molecule has 1 amide bonds. The summed E-state index contributed by atoms with van der Waals surface area (Å²) in [6, 6.07) is 16.0. The molecule has 32 heavy (non-hydrogen) atoms. The van der Waals surface area contributed by atoms with Crippen molar-refractivity contribution in [3.05, 3.63) is 61.2 Å². The molecule has 4 rings (SSSR count). The number of hydrogen-bond acceptors (Lipinski definition) is 7. The Kier molecular flexibility index (Phi) is 7.11. The molecule has 7 nitrogen and oxygen atoms in total. The van der Waals surface area contributed by atoms with Crippen LogP contribution >= 0.6 is 11.8 Å². The number of hydrogen-bond donors (Lipinski definition) is 1. The summed E-state index contributed by atoms with van der Waals surface area (Å²) >= 11 is 1.45. The lowest BCUT2D eigenvalue weighted by molar-refractivity contribution is -0.128. The molecule has 0 bridgehead atoms. The van der Waals surface area contributed by atoms with Gasteiger partial charge in [-0.05, 0) is 24.3 Å². The number of piperazine rings is 1. The second-order valence-electron chi connectivity index (χ2n) is 7.42. The molecule has 3 aromatic rings. The number of nitrogens with one attached hydrogen (secondary N) is 1. The molecule has 2 aromatic carbocycles. The highest BCUT2D eigenvalue weighted by Gasteiger charge is 2.22. The first-order chi connectivity index (χ1) is 15.7. The fraction of sp³-hybridized carbons (Fsp3) is 0.292. The van der Waals surface area contributed by atoms with Crippen LogP contribution < -0.4 is 15.0 Å². The van der Waals surface area contributed by atoms with E-state index in [1.807, 2.05) is 41.3 Å². The van der Waals surface area contributed by atoms with Crippen LogP contribution in [0.5, 0.6) is 5.75 Å². The molecular formula is C24H27N5O2S. The van der Waals surface area contributed by atoms with Crippen molar-refractivity contribution in [3.63, 3.8) is 0 Å². The summed E-state index contributed by atoms with van der Waals surface area (Å²) < 4.78 is 5.23. The number of aromatic nitrogens is 2. The standard InChI is InChI=1S/C24H27N5O2S/c1-3-12-25-23-20-6-4-5-7-21(20)24(27-26-23)32-17-22(30)29-15-13-28(14-16-29)18-8-10-19(31-2)11-9-18/h3-11H,1,12-17H2,2H3,(H,25,26). The number of methoxy groups -OCH3 is 1. The second-order valence-corrected chi connectivity index (χ2v) is 8.39. The van der Waals surface area contributed by atoms with E-state index in [4.69, 9.17) is 4.74 Å². The predicted molar refractivity (Wildman–Crippen MR) is 131 cm³/mol. The van der Waals surface area contributed by atoms with Gasteiger partial charge in [-0.2, -0.15) is 0 Å². The normalized spacial score (nSPS) is 13.8. The molecule has 0 saturated carbocycles. The Morgan fingerprint density at radius 2 is 1.81 bits per heavy atom. The minimum atomic E-state index is 0.129. The van der Waals surface area contributed by atoms with Crippen LogP contribution in [0.2, 0.25) is 0 Å². The molecule has 1 saturated heterocycles. The summed E-state index contributed by atoms with van der Waals surface area (Å²) in [7, 11) is 1.67. The predicted octanol–water partition coefficient (Wildman–Crippen LogP) is 3.68. The van der Waals surface area contributed by atoms with Gasteiger partial charge in [-0.15, -0.1) is 16.8 Å². The minimum absolute atomic E-state index is 0.129. The van der Waals surface area contributed by atoms with Gasteiger partial charge in [0, 0.05) is 49.2 Å². The van der Waals surface area contributed by atoms with Gasteiger partial charge in [0.25, 0.3) is 0 Å².